The number of halogens is 2. The third-order valence-corrected chi connectivity index (χ3v) is 2.05. The van der Waals surface area contributed by atoms with Crippen molar-refractivity contribution in [3.63, 3.8) is 0 Å². The quantitative estimate of drug-likeness (QED) is 0.802. The second-order valence-electron chi connectivity index (χ2n) is 3.07. The number of carboxylic acid groups (broad SMARTS) is 1. The molecule has 0 saturated heterocycles. The number of carbonyl (C=O) groups is 1. The Bertz CT molecular complexity index is 366. The maximum absolute atomic E-state index is 13.2. The van der Waals surface area contributed by atoms with E-state index in [2.05, 4.69) is 0 Å². The molecular weight excluding hydrogens is 206 g/mol. The first-order chi connectivity index (χ1) is 7.06. The van der Waals surface area contributed by atoms with Gasteiger partial charge in [0.1, 0.15) is 11.6 Å². The minimum Gasteiger partial charge on any atom is -0.481 e. The number of benzene rings is 1. The molecule has 0 spiro atoms. The highest BCUT2D eigenvalue weighted by Gasteiger charge is 2.22. The van der Waals surface area contributed by atoms with Gasteiger partial charge in [0, 0.05) is 18.2 Å². The van der Waals surface area contributed by atoms with Gasteiger partial charge in [-0.05, 0) is 12.5 Å². The molecule has 1 unspecified atom stereocenters. The van der Waals surface area contributed by atoms with Crippen molar-refractivity contribution in [2.75, 3.05) is 6.61 Å². The van der Waals surface area contributed by atoms with Gasteiger partial charge in [0.05, 0.1) is 5.92 Å². The number of aliphatic carboxylic acids is 1. The molecular formula is C10H10F2O3. The molecule has 1 aromatic rings. The summed E-state index contributed by atoms with van der Waals surface area (Å²) in [6.45, 7) is -0.367. The van der Waals surface area contributed by atoms with E-state index in [1.807, 2.05) is 0 Å². The van der Waals surface area contributed by atoms with Crippen LogP contribution in [0.1, 0.15) is 17.9 Å². The van der Waals surface area contributed by atoms with Gasteiger partial charge < -0.3 is 10.2 Å². The third-order valence-electron chi connectivity index (χ3n) is 2.05. The van der Waals surface area contributed by atoms with Gasteiger partial charge in [-0.1, -0.05) is 6.07 Å². The van der Waals surface area contributed by atoms with Crippen LogP contribution in [0.25, 0.3) is 0 Å². The molecule has 0 fully saturated rings. The lowest BCUT2D eigenvalue weighted by atomic mass is 9.96. The van der Waals surface area contributed by atoms with Crippen LogP contribution in [0.2, 0.25) is 0 Å². The van der Waals surface area contributed by atoms with E-state index < -0.39 is 23.5 Å². The Kier molecular flexibility index (Phi) is 3.74. The first-order valence-corrected chi connectivity index (χ1v) is 4.35. The van der Waals surface area contributed by atoms with Crippen molar-refractivity contribution in [2.24, 2.45) is 0 Å². The fraction of sp³-hybridized carbons (Fsp3) is 0.300. The van der Waals surface area contributed by atoms with Crippen LogP contribution in [0.3, 0.4) is 0 Å². The average molecular weight is 216 g/mol. The topological polar surface area (TPSA) is 57.5 Å². The van der Waals surface area contributed by atoms with Gasteiger partial charge in [-0.25, -0.2) is 8.78 Å². The zero-order valence-electron chi connectivity index (χ0n) is 7.78. The third kappa shape index (κ3) is 2.73. The summed E-state index contributed by atoms with van der Waals surface area (Å²) in [6, 6.07) is 2.70. The van der Waals surface area contributed by atoms with Crippen LogP contribution in [0, 0.1) is 11.6 Å². The van der Waals surface area contributed by atoms with Gasteiger partial charge in [0.25, 0.3) is 0 Å². The van der Waals surface area contributed by atoms with Gasteiger partial charge in [0.2, 0.25) is 0 Å². The fourth-order valence-corrected chi connectivity index (χ4v) is 1.33. The molecule has 0 aliphatic rings. The van der Waals surface area contributed by atoms with Crippen LogP contribution in [-0.4, -0.2) is 22.8 Å². The van der Waals surface area contributed by atoms with E-state index in [1.165, 1.54) is 0 Å². The van der Waals surface area contributed by atoms with E-state index in [0.717, 1.165) is 12.1 Å². The van der Waals surface area contributed by atoms with Crippen molar-refractivity contribution < 1.29 is 23.8 Å². The maximum Gasteiger partial charge on any atom is 0.311 e. The Morgan fingerprint density at radius 2 is 2.07 bits per heavy atom. The summed E-state index contributed by atoms with van der Waals surface area (Å²) in [5.74, 6) is -4.05. The molecule has 0 heterocycles. The lowest BCUT2D eigenvalue weighted by Crippen LogP contribution is -2.14. The summed E-state index contributed by atoms with van der Waals surface area (Å²) >= 11 is 0. The average Bonchev–Trinajstić information content (AvgIpc) is 2.15. The van der Waals surface area contributed by atoms with Crippen LogP contribution in [0.5, 0.6) is 0 Å². The molecule has 1 aromatic carbocycles. The number of rotatable bonds is 4. The predicted octanol–water partition coefficient (Wildman–Crippen LogP) is 1.52. The first-order valence-electron chi connectivity index (χ1n) is 4.35. The highest BCUT2D eigenvalue weighted by Crippen LogP contribution is 2.23. The number of aliphatic hydroxyl groups is 1. The minimum atomic E-state index is -1.24. The van der Waals surface area contributed by atoms with Crippen molar-refractivity contribution in [1.29, 1.82) is 0 Å². The lowest BCUT2D eigenvalue weighted by Gasteiger charge is -2.11. The fourth-order valence-electron chi connectivity index (χ4n) is 1.33. The van der Waals surface area contributed by atoms with E-state index in [4.69, 9.17) is 10.2 Å². The standard InChI is InChI=1S/C10H10F2O3/c11-6-1-2-7(9(12)5-6)8(3-4-13)10(14)15/h1-2,5,8,13H,3-4H2,(H,14,15). The Morgan fingerprint density at radius 3 is 2.53 bits per heavy atom. The van der Waals surface area contributed by atoms with E-state index in [0.29, 0.717) is 6.07 Å². The van der Waals surface area contributed by atoms with E-state index in [9.17, 15) is 13.6 Å². The largest absolute Gasteiger partial charge is 0.481 e. The van der Waals surface area contributed by atoms with Gasteiger partial charge in [0.15, 0.2) is 0 Å². The predicted molar refractivity (Wildman–Crippen MR) is 48.4 cm³/mol. The Hall–Kier alpha value is -1.49. The molecule has 0 bridgehead atoms. The molecule has 1 atom stereocenters. The second-order valence-corrected chi connectivity index (χ2v) is 3.07. The Labute approximate surface area is 85.0 Å². The van der Waals surface area contributed by atoms with Crippen LogP contribution in [0.4, 0.5) is 8.78 Å². The van der Waals surface area contributed by atoms with E-state index in [-0.39, 0.29) is 18.6 Å². The van der Waals surface area contributed by atoms with Gasteiger partial charge in [-0.3, -0.25) is 4.79 Å². The monoisotopic (exact) mass is 216 g/mol. The molecule has 0 amide bonds. The first kappa shape index (κ1) is 11.6. The molecule has 1 rings (SSSR count). The molecule has 82 valence electrons. The summed E-state index contributed by atoms with van der Waals surface area (Å²) in [4.78, 5) is 10.8. The molecule has 3 nitrogen and oxygen atoms in total. The summed E-state index contributed by atoms with van der Waals surface area (Å²) < 4.78 is 25.8. The maximum atomic E-state index is 13.2. The van der Waals surface area contributed by atoms with Gasteiger partial charge >= 0.3 is 5.97 Å². The van der Waals surface area contributed by atoms with Gasteiger partial charge in [-0.2, -0.15) is 0 Å². The number of carboxylic acids is 1. The van der Waals surface area contributed by atoms with Crippen molar-refractivity contribution in [1.82, 2.24) is 0 Å². The van der Waals surface area contributed by atoms with E-state index in [1.54, 1.807) is 0 Å². The van der Waals surface area contributed by atoms with Crippen LogP contribution in [-0.2, 0) is 4.79 Å². The summed E-state index contributed by atoms with van der Waals surface area (Å²) in [7, 11) is 0. The van der Waals surface area contributed by atoms with Crippen LogP contribution in [0.15, 0.2) is 18.2 Å². The van der Waals surface area contributed by atoms with Gasteiger partial charge in [-0.15, -0.1) is 0 Å². The van der Waals surface area contributed by atoms with Crippen LogP contribution >= 0.6 is 0 Å². The normalized spacial score (nSPS) is 12.5. The summed E-state index contributed by atoms with van der Waals surface area (Å²) in [5.41, 5.74) is -0.113. The smallest absolute Gasteiger partial charge is 0.311 e. The molecule has 0 aliphatic carbocycles. The Morgan fingerprint density at radius 1 is 1.40 bits per heavy atom. The SMILES string of the molecule is O=C(O)C(CCO)c1ccc(F)cc1F. The highest BCUT2D eigenvalue weighted by molar-refractivity contribution is 5.76. The molecule has 0 saturated carbocycles. The number of hydrogen-bond donors (Lipinski definition) is 2. The molecule has 15 heavy (non-hydrogen) atoms. The zero-order valence-corrected chi connectivity index (χ0v) is 7.78. The summed E-state index contributed by atoms with van der Waals surface area (Å²) in [6.07, 6.45) is -0.0993. The molecule has 5 heteroatoms. The molecule has 2 N–H and O–H groups in total. The summed E-state index contributed by atoms with van der Waals surface area (Å²) in [5, 5.41) is 17.4. The number of aliphatic hydroxyl groups excluding tert-OH is 1. The van der Waals surface area contributed by atoms with E-state index >= 15 is 0 Å². The van der Waals surface area contributed by atoms with Crippen LogP contribution < -0.4 is 0 Å². The Balaban J connectivity index is 3.05. The molecule has 0 aromatic heterocycles. The highest BCUT2D eigenvalue weighted by atomic mass is 19.1. The second kappa shape index (κ2) is 4.84. The van der Waals surface area contributed by atoms with Crippen molar-refractivity contribution in [2.45, 2.75) is 12.3 Å². The zero-order chi connectivity index (χ0) is 11.4. The van der Waals surface area contributed by atoms with Crippen molar-refractivity contribution >= 4 is 5.97 Å². The van der Waals surface area contributed by atoms with Crippen molar-refractivity contribution in [3.8, 4) is 0 Å². The molecule has 0 aliphatic heterocycles. The lowest BCUT2D eigenvalue weighted by molar-refractivity contribution is -0.139. The molecule has 0 radical (unpaired) electrons. The van der Waals surface area contributed by atoms with Crippen molar-refractivity contribution in [3.05, 3.63) is 35.4 Å². The minimum absolute atomic E-state index is 0.0993. The number of hydrogen-bond acceptors (Lipinski definition) is 2.